The average Bonchev–Trinajstić information content (AvgIpc) is 2.33. The van der Waals surface area contributed by atoms with Gasteiger partial charge in [0.1, 0.15) is 0 Å². The molecule has 17 heavy (non-hydrogen) atoms. The van der Waals surface area contributed by atoms with Crippen LogP contribution in [-0.2, 0) is 0 Å². The summed E-state index contributed by atoms with van der Waals surface area (Å²) >= 11 is 0. The van der Waals surface area contributed by atoms with Gasteiger partial charge in [-0.05, 0) is 49.4 Å². The van der Waals surface area contributed by atoms with E-state index in [4.69, 9.17) is 5.73 Å². The molecule has 2 N–H and O–H groups in total. The lowest BCUT2D eigenvalue weighted by Gasteiger charge is -2.42. The van der Waals surface area contributed by atoms with Crippen molar-refractivity contribution in [1.82, 2.24) is 0 Å². The van der Waals surface area contributed by atoms with Crippen molar-refractivity contribution in [1.29, 1.82) is 0 Å². The normalized spacial score (nSPS) is 40.4. The minimum absolute atomic E-state index is 0.531. The molecule has 3 aliphatic rings. The fourth-order valence-electron chi connectivity index (χ4n) is 4.60. The largest absolute Gasteiger partial charge is 0.327 e. The van der Waals surface area contributed by atoms with Crippen LogP contribution in [0.25, 0.3) is 0 Å². The molecule has 0 bridgehead atoms. The summed E-state index contributed by atoms with van der Waals surface area (Å²) in [5.41, 5.74) is 6.48. The Balaban J connectivity index is 1.50. The van der Waals surface area contributed by atoms with Crippen LogP contribution in [-0.4, -0.2) is 6.04 Å². The third-order valence-electron chi connectivity index (χ3n) is 6.02. The van der Waals surface area contributed by atoms with Crippen LogP contribution < -0.4 is 5.73 Å². The predicted octanol–water partition coefficient (Wildman–Crippen LogP) is 4.11. The first-order valence-corrected chi connectivity index (χ1v) is 8.08. The Morgan fingerprint density at radius 1 is 0.824 bits per heavy atom. The molecule has 1 nitrogen and oxygen atoms in total. The molecule has 3 aliphatic carbocycles. The van der Waals surface area contributed by atoms with Crippen LogP contribution in [0.4, 0.5) is 0 Å². The molecule has 1 heteroatoms. The van der Waals surface area contributed by atoms with Crippen molar-refractivity contribution >= 4 is 0 Å². The van der Waals surface area contributed by atoms with E-state index >= 15 is 0 Å². The van der Waals surface area contributed by atoms with Gasteiger partial charge in [-0.3, -0.25) is 0 Å². The van der Waals surface area contributed by atoms with Crippen LogP contribution in [0.1, 0.15) is 70.6 Å². The van der Waals surface area contributed by atoms with Gasteiger partial charge in [-0.1, -0.05) is 44.9 Å². The molecular formula is C16H29N. The van der Waals surface area contributed by atoms with Gasteiger partial charge in [-0.25, -0.2) is 0 Å². The quantitative estimate of drug-likeness (QED) is 0.782. The first kappa shape index (κ1) is 12.0. The Hall–Kier alpha value is -0.0400. The van der Waals surface area contributed by atoms with Crippen LogP contribution in [0.3, 0.4) is 0 Å². The first-order chi connectivity index (χ1) is 8.33. The Labute approximate surface area is 107 Å². The maximum Gasteiger partial charge on any atom is 0.00699 e. The zero-order valence-corrected chi connectivity index (χ0v) is 11.2. The molecule has 0 amide bonds. The molecule has 4 atom stereocenters. The highest BCUT2D eigenvalue weighted by Crippen LogP contribution is 2.44. The van der Waals surface area contributed by atoms with E-state index < -0.39 is 0 Å². The van der Waals surface area contributed by atoms with E-state index in [1.807, 2.05) is 0 Å². The lowest BCUT2D eigenvalue weighted by molar-refractivity contribution is 0.107. The van der Waals surface area contributed by atoms with E-state index in [9.17, 15) is 0 Å². The van der Waals surface area contributed by atoms with Gasteiger partial charge in [0, 0.05) is 6.04 Å². The second kappa shape index (κ2) is 5.30. The van der Waals surface area contributed by atoms with Crippen LogP contribution >= 0.6 is 0 Å². The van der Waals surface area contributed by atoms with E-state index in [0.717, 1.165) is 23.7 Å². The molecule has 3 rings (SSSR count). The lowest BCUT2D eigenvalue weighted by atomic mass is 9.65. The summed E-state index contributed by atoms with van der Waals surface area (Å²) in [6, 6.07) is 0.531. The highest BCUT2D eigenvalue weighted by Gasteiger charge is 2.35. The van der Waals surface area contributed by atoms with Crippen molar-refractivity contribution in [2.75, 3.05) is 0 Å². The summed E-state index contributed by atoms with van der Waals surface area (Å²) in [6.07, 6.45) is 16.2. The Morgan fingerprint density at radius 3 is 2.29 bits per heavy atom. The lowest BCUT2D eigenvalue weighted by Crippen LogP contribution is -2.39. The van der Waals surface area contributed by atoms with Gasteiger partial charge >= 0.3 is 0 Å². The minimum Gasteiger partial charge on any atom is -0.327 e. The highest BCUT2D eigenvalue weighted by atomic mass is 14.7. The number of fused-ring (bicyclic) bond motifs is 1. The van der Waals surface area contributed by atoms with Crippen LogP contribution in [0, 0.1) is 23.7 Å². The fraction of sp³-hybridized carbons (Fsp3) is 1.00. The minimum atomic E-state index is 0.531. The van der Waals surface area contributed by atoms with E-state index in [-0.39, 0.29) is 0 Å². The van der Waals surface area contributed by atoms with Gasteiger partial charge in [-0.15, -0.1) is 0 Å². The predicted molar refractivity (Wildman–Crippen MR) is 72.7 cm³/mol. The summed E-state index contributed by atoms with van der Waals surface area (Å²) in [6.45, 7) is 0. The number of hydrogen-bond donors (Lipinski definition) is 1. The van der Waals surface area contributed by atoms with Crippen molar-refractivity contribution in [2.24, 2.45) is 29.4 Å². The van der Waals surface area contributed by atoms with Crippen LogP contribution in [0.15, 0.2) is 0 Å². The molecule has 0 aromatic rings. The topological polar surface area (TPSA) is 26.0 Å². The second-order valence-corrected chi connectivity index (χ2v) is 7.07. The Morgan fingerprint density at radius 2 is 1.59 bits per heavy atom. The van der Waals surface area contributed by atoms with Gasteiger partial charge in [0.15, 0.2) is 0 Å². The molecule has 0 radical (unpaired) electrons. The molecule has 0 aromatic heterocycles. The molecule has 0 spiro atoms. The van der Waals surface area contributed by atoms with Gasteiger partial charge in [0.25, 0.3) is 0 Å². The summed E-state index contributed by atoms with van der Waals surface area (Å²) < 4.78 is 0. The Kier molecular flexibility index (Phi) is 3.75. The molecule has 3 fully saturated rings. The highest BCUT2D eigenvalue weighted by molar-refractivity contribution is 4.88. The third kappa shape index (κ3) is 2.70. The SMILES string of the molecule is NC(CC1CCC1)C1CCC2CCCCC2C1. The van der Waals surface area contributed by atoms with Gasteiger partial charge in [-0.2, -0.15) is 0 Å². The van der Waals surface area contributed by atoms with Gasteiger partial charge in [0.2, 0.25) is 0 Å². The average molecular weight is 235 g/mol. The molecular weight excluding hydrogens is 206 g/mol. The molecule has 4 unspecified atom stereocenters. The summed E-state index contributed by atoms with van der Waals surface area (Å²) in [5.74, 6) is 4.00. The molecule has 0 saturated heterocycles. The zero-order chi connectivity index (χ0) is 11.7. The van der Waals surface area contributed by atoms with E-state index in [0.29, 0.717) is 6.04 Å². The van der Waals surface area contributed by atoms with Crippen molar-refractivity contribution in [3.8, 4) is 0 Å². The van der Waals surface area contributed by atoms with Gasteiger partial charge < -0.3 is 5.73 Å². The van der Waals surface area contributed by atoms with E-state index in [2.05, 4.69) is 0 Å². The summed E-state index contributed by atoms with van der Waals surface area (Å²) in [4.78, 5) is 0. The standard InChI is InChI=1S/C16H29N/c17-16(10-12-4-3-5-12)15-9-8-13-6-1-2-7-14(13)11-15/h12-16H,1-11,17H2. The summed E-state index contributed by atoms with van der Waals surface area (Å²) in [5, 5.41) is 0. The van der Waals surface area contributed by atoms with Crippen molar-refractivity contribution < 1.29 is 0 Å². The molecule has 0 aromatic carbocycles. The van der Waals surface area contributed by atoms with E-state index in [1.165, 1.54) is 70.6 Å². The summed E-state index contributed by atoms with van der Waals surface area (Å²) in [7, 11) is 0. The maximum absolute atomic E-state index is 6.48. The van der Waals surface area contributed by atoms with Crippen LogP contribution in [0.5, 0.6) is 0 Å². The zero-order valence-electron chi connectivity index (χ0n) is 11.2. The van der Waals surface area contributed by atoms with E-state index in [1.54, 1.807) is 0 Å². The molecule has 3 saturated carbocycles. The first-order valence-electron chi connectivity index (χ1n) is 8.08. The van der Waals surface area contributed by atoms with Crippen molar-refractivity contribution in [2.45, 2.75) is 76.7 Å². The van der Waals surface area contributed by atoms with Crippen molar-refractivity contribution in [3.05, 3.63) is 0 Å². The number of hydrogen-bond acceptors (Lipinski definition) is 1. The van der Waals surface area contributed by atoms with Crippen molar-refractivity contribution in [3.63, 3.8) is 0 Å². The second-order valence-electron chi connectivity index (χ2n) is 7.07. The van der Waals surface area contributed by atoms with Gasteiger partial charge in [0.05, 0.1) is 0 Å². The Bertz CT molecular complexity index is 246. The molecule has 98 valence electrons. The molecule has 0 aliphatic heterocycles. The fourth-order valence-corrected chi connectivity index (χ4v) is 4.60. The van der Waals surface area contributed by atoms with Crippen LogP contribution in [0.2, 0.25) is 0 Å². The third-order valence-corrected chi connectivity index (χ3v) is 6.02. The smallest absolute Gasteiger partial charge is 0.00699 e. The number of nitrogens with two attached hydrogens (primary N) is 1. The molecule has 0 heterocycles. The maximum atomic E-state index is 6.48. The number of rotatable bonds is 3. The monoisotopic (exact) mass is 235 g/mol.